The van der Waals surface area contributed by atoms with Crippen LogP contribution in [0.4, 0.5) is 10.1 Å². The molecule has 0 fully saturated rings. The van der Waals surface area contributed by atoms with Crippen molar-refractivity contribution in [1.29, 1.82) is 0 Å². The minimum absolute atomic E-state index is 0.150. The van der Waals surface area contributed by atoms with E-state index in [0.717, 1.165) is 11.3 Å². The Morgan fingerprint density at radius 3 is 2.23 bits per heavy atom. The summed E-state index contributed by atoms with van der Waals surface area (Å²) in [5.41, 5.74) is 0.702. The molecule has 1 amide bonds. The molecule has 22 heavy (non-hydrogen) atoms. The lowest BCUT2D eigenvalue weighted by molar-refractivity contribution is -0.120. The zero-order chi connectivity index (χ0) is 16.2. The standard InChI is InChI=1S/C18H20FNO2/c1-4-22-16-11-9-15(10-12-16)20-17(21)18(2,3)13-5-7-14(19)8-6-13/h5-12H,4H2,1-3H3,(H,20,21). The second kappa shape index (κ2) is 6.60. The van der Waals surface area contributed by atoms with Gasteiger partial charge in [-0.05, 0) is 62.7 Å². The van der Waals surface area contributed by atoms with Gasteiger partial charge in [-0.25, -0.2) is 4.39 Å². The summed E-state index contributed by atoms with van der Waals surface area (Å²) >= 11 is 0. The smallest absolute Gasteiger partial charge is 0.234 e. The second-order valence-corrected chi connectivity index (χ2v) is 5.54. The molecule has 4 heteroatoms. The summed E-state index contributed by atoms with van der Waals surface area (Å²) in [6, 6.07) is 13.2. The minimum atomic E-state index is -0.758. The van der Waals surface area contributed by atoms with E-state index in [1.165, 1.54) is 12.1 Å². The van der Waals surface area contributed by atoms with Crippen LogP contribution in [0.15, 0.2) is 48.5 Å². The molecule has 0 bridgehead atoms. The molecule has 0 saturated carbocycles. The van der Waals surface area contributed by atoms with E-state index in [0.29, 0.717) is 12.3 Å². The molecule has 0 aliphatic rings. The Morgan fingerprint density at radius 2 is 1.68 bits per heavy atom. The Hall–Kier alpha value is -2.36. The molecule has 2 aromatic rings. The van der Waals surface area contributed by atoms with Crippen LogP contribution in [-0.2, 0) is 10.2 Å². The summed E-state index contributed by atoms with van der Waals surface area (Å²) in [4.78, 5) is 12.5. The van der Waals surface area contributed by atoms with E-state index in [4.69, 9.17) is 4.74 Å². The van der Waals surface area contributed by atoms with E-state index in [1.54, 1.807) is 24.3 Å². The Morgan fingerprint density at radius 1 is 1.09 bits per heavy atom. The fraction of sp³-hybridized carbons (Fsp3) is 0.278. The van der Waals surface area contributed by atoms with Crippen molar-refractivity contribution in [2.24, 2.45) is 0 Å². The Kier molecular flexibility index (Phi) is 4.81. The average Bonchev–Trinajstić information content (AvgIpc) is 2.50. The van der Waals surface area contributed by atoms with Crippen LogP contribution >= 0.6 is 0 Å². The van der Waals surface area contributed by atoms with Crippen LogP contribution in [-0.4, -0.2) is 12.5 Å². The normalized spacial score (nSPS) is 11.1. The molecule has 0 radical (unpaired) electrons. The maximum atomic E-state index is 13.0. The third kappa shape index (κ3) is 3.64. The minimum Gasteiger partial charge on any atom is -0.494 e. The SMILES string of the molecule is CCOc1ccc(NC(=O)C(C)(C)c2ccc(F)cc2)cc1. The van der Waals surface area contributed by atoms with Crippen LogP contribution in [0.5, 0.6) is 5.75 Å². The topological polar surface area (TPSA) is 38.3 Å². The lowest BCUT2D eigenvalue weighted by Crippen LogP contribution is -2.34. The van der Waals surface area contributed by atoms with Crippen LogP contribution in [0.1, 0.15) is 26.3 Å². The van der Waals surface area contributed by atoms with Crippen LogP contribution in [0.25, 0.3) is 0 Å². The number of carbonyl (C=O) groups is 1. The van der Waals surface area contributed by atoms with Gasteiger partial charge in [0.1, 0.15) is 11.6 Å². The number of ether oxygens (including phenoxy) is 1. The van der Waals surface area contributed by atoms with Crippen LogP contribution < -0.4 is 10.1 Å². The molecule has 0 unspecified atom stereocenters. The number of halogens is 1. The zero-order valence-electron chi connectivity index (χ0n) is 13.0. The van der Waals surface area contributed by atoms with Crippen LogP contribution in [0, 0.1) is 5.82 Å². The third-order valence-corrected chi connectivity index (χ3v) is 3.56. The summed E-state index contributed by atoms with van der Waals surface area (Å²) in [6.45, 7) is 6.14. The van der Waals surface area contributed by atoms with Gasteiger partial charge in [-0.1, -0.05) is 12.1 Å². The van der Waals surface area contributed by atoms with Crippen LogP contribution in [0.3, 0.4) is 0 Å². The van der Waals surface area contributed by atoms with Gasteiger partial charge in [0.25, 0.3) is 0 Å². The van der Waals surface area contributed by atoms with Gasteiger partial charge in [0.05, 0.1) is 12.0 Å². The molecule has 0 heterocycles. The molecule has 3 nitrogen and oxygen atoms in total. The van der Waals surface area contributed by atoms with Crippen molar-refractivity contribution in [3.05, 3.63) is 59.9 Å². The van der Waals surface area contributed by atoms with Gasteiger partial charge in [-0.3, -0.25) is 4.79 Å². The molecule has 0 aliphatic carbocycles. The molecule has 1 N–H and O–H groups in total. The van der Waals surface area contributed by atoms with Crippen molar-refractivity contribution in [2.45, 2.75) is 26.2 Å². The van der Waals surface area contributed by atoms with E-state index >= 15 is 0 Å². The molecular formula is C18H20FNO2. The summed E-state index contributed by atoms with van der Waals surface area (Å²) in [5.74, 6) is 0.299. The highest BCUT2D eigenvalue weighted by Crippen LogP contribution is 2.26. The predicted molar refractivity (Wildman–Crippen MR) is 85.7 cm³/mol. The van der Waals surface area contributed by atoms with Gasteiger partial charge in [-0.15, -0.1) is 0 Å². The number of hydrogen-bond donors (Lipinski definition) is 1. The van der Waals surface area contributed by atoms with E-state index in [1.807, 2.05) is 32.9 Å². The first-order valence-electron chi connectivity index (χ1n) is 7.24. The number of anilines is 1. The maximum absolute atomic E-state index is 13.0. The van der Waals surface area contributed by atoms with Crippen molar-refractivity contribution in [1.82, 2.24) is 0 Å². The van der Waals surface area contributed by atoms with Crippen molar-refractivity contribution in [3.63, 3.8) is 0 Å². The van der Waals surface area contributed by atoms with Crippen LogP contribution in [0.2, 0.25) is 0 Å². The summed E-state index contributed by atoms with van der Waals surface area (Å²) < 4.78 is 18.4. The molecule has 0 atom stereocenters. The van der Waals surface area contributed by atoms with Gasteiger partial charge < -0.3 is 10.1 Å². The first kappa shape index (κ1) is 16.0. The Labute approximate surface area is 130 Å². The number of rotatable bonds is 5. The summed E-state index contributed by atoms with van der Waals surface area (Å²) in [6.07, 6.45) is 0. The second-order valence-electron chi connectivity index (χ2n) is 5.54. The highest BCUT2D eigenvalue weighted by molar-refractivity contribution is 5.98. The fourth-order valence-corrected chi connectivity index (χ4v) is 2.09. The summed E-state index contributed by atoms with van der Waals surface area (Å²) in [7, 11) is 0. The zero-order valence-corrected chi connectivity index (χ0v) is 13.0. The van der Waals surface area contributed by atoms with Gasteiger partial charge in [0.15, 0.2) is 0 Å². The van der Waals surface area contributed by atoms with Crippen molar-refractivity contribution >= 4 is 11.6 Å². The Balaban J connectivity index is 2.11. The van der Waals surface area contributed by atoms with Gasteiger partial charge in [0.2, 0.25) is 5.91 Å². The number of carbonyl (C=O) groups excluding carboxylic acids is 1. The monoisotopic (exact) mass is 301 g/mol. The largest absolute Gasteiger partial charge is 0.494 e. The van der Waals surface area contributed by atoms with E-state index in [2.05, 4.69) is 5.32 Å². The van der Waals surface area contributed by atoms with Gasteiger partial charge in [-0.2, -0.15) is 0 Å². The molecule has 0 aliphatic heterocycles. The van der Waals surface area contributed by atoms with E-state index in [-0.39, 0.29) is 11.7 Å². The summed E-state index contributed by atoms with van der Waals surface area (Å²) in [5, 5.41) is 2.88. The van der Waals surface area contributed by atoms with Crippen molar-refractivity contribution < 1.29 is 13.9 Å². The first-order chi connectivity index (χ1) is 10.4. The molecule has 2 rings (SSSR count). The number of amides is 1. The molecule has 0 saturated heterocycles. The van der Waals surface area contributed by atoms with Crippen molar-refractivity contribution in [3.8, 4) is 5.75 Å². The lowest BCUT2D eigenvalue weighted by Gasteiger charge is -2.24. The highest BCUT2D eigenvalue weighted by atomic mass is 19.1. The molecular weight excluding hydrogens is 281 g/mol. The average molecular weight is 301 g/mol. The van der Waals surface area contributed by atoms with E-state index < -0.39 is 5.41 Å². The number of hydrogen-bond acceptors (Lipinski definition) is 2. The van der Waals surface area contributed by atoms with E-state index in [9.17, 15) is 9.18 Å². The van der Waals surface area contributed by atoms with Gasteiger partial charge >= 0.3 is 0 Å². The van der Waals surface area contributed by atoms with Gasteiger partial charge in [0, 0.05) is 5.69 Å². The quantitative estimate of drug-likeness (QED) is 0.901. The molecule has 116 valence electrons. The number of benzene rings is 2. The number of nitrogens with one attached hydrogen (secondary N) is 1. The fourth-order valence-electron chi connectivity index (χ4n) is 2.09. The first-order valence-corrected chi connectivity index (χ1v) is 7.24. The molecule has 2 aromatic carbocycles. The third-order valence-electron chi connectivity index (χ3n) is 3.56. The lowest BCUT2D eigenvalue weighted by atomic mass is 9.83. The predicted octanol–water partition coefficient (Wildman–Crippen LogP) is 4.14. The molecule has 0 aromatic heterocycles. The highest BCUT2D eigenvalue weighted by Gasteiger charge is 2.29. The maximum Gasteiger partial charge on any atom is 0.234 e. The Bertz CT molecular complexity index is 633. The molecule has 0 spiro atoms. The van der Waals surface area contributed by atoms with Crippen molar-refractivity contribution in [2.75, 3.05) is 11.9 Å².